The highest BCUT2D eigenvalue weighted by Crippen LogP contribution is 2.40. The van der Waals surface area contributed by atoms with Crippen LogP contribution in [0.1, 0.15) is 47.0 Å². The average Bonchev–Trinajstić information content (AvgIpc) is 2.50. The second-order valence-corrected chi connectivity index (χ2v) is 13.0. The predicted molar refractivity (Wildman–Crippen MR) is 95.4 cm³/mol. The Morgan fingerprint density at radius 2 is 2.17 bits per heavy atom. The van der Waals surface area contributed by atoms with Gasteiger partial charge in [-0.2, -0.15) is 5.26 Å². The molecule has 1 saturated heterocycles. The molecule has 6 nitrogen and oxygen atoms in total. The molecule has 0 aromatic carbocycles. The number of amides is 1. The van der Waals surface area contributed by atoms with Crippen LogP contribution in [-0.2, 0) is 9.16 Å². The fraction of sp³-hybridized carbons (Fsp3) is 0.882. The standard InChI is InChI=1S/C17H32N2O4Si/c1-7-13(23-24(5,6)16(2,3)4)14-8-9-17(10-18,12-22-14)11-19-15(20)21/h13-14,19H,7-9,11-12H2,1-6H3,(H,20,21). The Morgan fingerprint density at radius 3 is 2.54 bits per heavy atom. The van der Waals surface area contributed by atoms with E-state index in [4.69, 9.17) is 14.3 Å². The van der Waals surface area contributed by atoms with Crippen LogP contribution in [-0.4, -0.2) is 44.9 Å². The molecule has 7 heteroatoms. The number of hydrogen-bond acceptors (Lipinski definition) is 4. The van der Waals surface area contributed by atoms with Gasteiger partial charge in [0.05, 0.1) is 30.3 Å². The first-order valence-electron chi connectivity index (χ1n) is 8.64. The largest absolute Gasteiger partial charge is 0.465 e. The third-order valence-corrected chi connectivity index (χ3v) is 9.87. The van der Waals surface area contributed by atoms with Gasteiger partial charge in [-0.15, -0.1) is 0 Å². The fourth-order valence-electron chi connectivity index (χ4n) is 2.62. The molecule has 0 aromatic rings. The Labute approximate surface area is 146 Å². The number of hydrogen-bond donors (Lipinski definition) is 2. The molecular formula is C17H32N2O4Si. The molecule has 3 atom stereocenters. The number of ether oxygens (including phenoxy) is 1. The third kappa shape index (κ3) is 5.20. The minimum absolute atomic E-state index is 0.0232. The van der Waals surface area contributed by atoms with Crippen molar-refractivity contribution in [1.82, 2.24) is 5.32 Å². The van der Waals surface area contributed by atoms with Crippen molar-refractivity contribution >= 4 is 14.4 Å². The van der Waals surface area contributed by atoms with E-state index in [1.807, 2.05) is 0 Å². The number of carbonyl (C=O) groups is 1. The number of nitrogens with zero attached hydrogens (tertiary/aromatic N) is 1. The van der Waals surface area contributed by atoms with E-state index in [0.29, 0.717) is 12.8 Å². The smallest absolute Gasteiger partial charge is 0.404 e. The lowest BCUT2D eigenvalue weighted by Crippen LogP contribution is -2.51. The van der Waals surface area contributed by atoms with Crippen LogP contribution in [0, 0.1) is 16.7 Å². The average molecular weight is 357 g/mol. The van der Waals surface area contributed by atoms with Crippen LogP contribution in [0.2, 0.25) is 18.1 Å². The van der Waals surface area contributed by atoms with Crippen molar-refractivity contribution in [3.05, 3.63) is 0 Å². The molecule has 24 heavy (non-hydrogen) atoms. The molecule has 0 aliphatic carbocycles. The molecule has 3 unspecified atom stereocenters. The highest BCUT2D eigenvalue weighted by molar-refractivity contribution is 6.74. The lowest BCUT2D eigenvalue weighted by molar-refractivity contribution is -0.0920. The summed E-state index contributed by atoms with van der Waals surface area (Å²) < 4.78 is 12.5. The van der Waals surface area contributed by atoms with E-state index >= 15 is 0 Å². The highest BCUT2D eigenvalue weighted by atomic mass is 28.4. The molecule has 0 bridgehead atoms. The van der Waals surface area contributed by atoms with Gasteiger partial charge >= 0.3 is 6.09 Å². The van der Waals surface area contributed by atoms with Gasteiger partial charge in [0.2, 0.25) is 0 Å². The van der Waals surface area contributed by atoms with Gasteiger partial charge in [0.15, 0.2) is 8.32 Å². The minimum Gasteiger partial charge on any atom is -0.465 e. The Kier molecular flexibility index (Phi) is 6.85. The zero-order chi connectivity index (χ0) is 18.6. The van der Waals surface area contributed by atoms with Crippen LogP contribution >= 0.6 is 0 Å². The van der Waals surface area contributed by atoms with Crippen LogP contribution in [0.25, 0.3) is 0 Å². The first-order chi connectivity index (χ1) is 11.0. The SMILES string of the molecule is CCC(O[Si](C)(C)C(C)(C)C)C1CCC(C#N)(CNC(=O)O)CO1. The summed E-state index contributed by atoms with van der Waals surface area (Å²) in [5.74, 6) is 0. The summed E-state index contributed by atoms with van der Waals surface area (Å²) in [4.78, 5) is 10.7. The second-order valence-electron chi connectivity index (χ2n) is 8.26. The number of rotatable bonds is 6. The molecule has 1 fully saturated rings. The Morgan fingerprint density at radius 1 is 1.54 bits per heavy atom. The Hall–Kier alpha value is -1.10. The van der Waals surface area contributed by atoms with Gasteiger partial charge in [-0.25, -0.2) is 4.79 Å². The van der Waals surface area contributed by atoms with Crippen molar-refractivity contribution in [1.29, 1.82) is 5.26 Å². The van der Waals surface area contributed by atoms with Crippen LogP contribution in [0.5, 0.6) is 0 Å². The lowest BCUT2D eigenvalue weighted by Gasteiger charge is -2.43. The topological polar surface area (TPSA) is 91.6 Å². The molecule has 1 amide bonds. The molecule has 0 spiro atoms. The van der Waals surface area contributed by atoms with Gasteiger partial charge in [-0.3, -0.25) is 0 Å². The van der Waals surface area contributed by atoms with Gasteiger partial charge in [0, 0.05) is 6.54 Å². The van der Waals surface area contributed by atoms with Crippen molar-refractivity contribution in [2.75, 3.05) is 13.2 Å². The van der Waals surface area contributed by atoms with Gasteiger partial charge < -0.3 is 19.6 Å². The summed E-state index contributed by atoms with van der Waals surface area (Å²) in [7, 11) is -1.88. The summed E-state index contributed by atoms with van der Waals surface area (Å²) in [6.07, 6.45) is 1.07. The Balaban J connectivity index is 2.70. The van der Waals surface area contributed by atoms with Crippen molar-refractivity contribution < 1.29 is 19.1 Å². The van der Waals surface area contributed by atoms with Gasteiger partial charge in [-0.1, -0.05) is 27.7 Å². The third-order valence-electron chi connectivity index (χ3n) is 5.37. The number of carboxylic acid groups (broad SMARTS) is 1. The maximum Gasteiger partial charge on any atom is 0.404 e. The molecule has 0 radical (unpaired) electrons. The maximum atomic E-state index is 10.7. The zero-order valence-corrected chi connectivity index (χ0v) is 16.8. The molecule has 138 valence electrons. The number of nitrogens with one attached hydrogen (secondary N) is 1. The van der Waals surface area contributed by atoms with E-state index < -0.39 is 19.8 Å². The monoisotopic (exact) mass is 356 g/mol. The maximum absolute atomic E-state index is 10.7. The molecule has 2 N–H and O–H groups in total. The summed E-state index contributed by atoms with van der Waals surface area (Å²) in [5, 5.41) is 20.7. The first-order valence-corrected chi connectivity index (χ1v) is 11.5. The highest BCUT2D eigenvalue weighted by Gasteiger charge is 2.43. The molecule has 1 heterocycles. The Bertz CT molecular complexity index is 474. The van der Waals surface area contributed by atoms with Gasteiger partial charge in [0.1, 0.15) is 0 Å². The van der Waals surface area contributed by atoms with Crippen LogP contribution in [0.4, 0.5) is 4.79 Å². The first kappa shape index (κ1) is 20.9. The van der Waals surface area contributed by atoms with Crippen LogP contribution in [0.3, 0.4) is 0 Å². The van der Waals surface area contributed by atoms with E-state index in [0.717, 1.165) is 6.42 Å². The van der Waals surface area contributed by atoms with Crippen molar-refractivity contribution in [3.8, 4) is 6.07 Å². The van der Waals surface area contributed by atoms with Crippen LogP contribution in [0.15, 0.2) is 0 Å². The lowest BCUT2D eigenvalue weighted by atomic mass is 9.81. The van der Waals surface area contributed by atoms with Crippen molar-refractivity contribution in [2.24, 2.45) is 5.41 Å². The van der Waals surface area contributed by atoms with Gasteiger partial charge in [0.25, 0.3) is 0 Å². The second kappa shape index (κ2) is 7.85. The zero-order valence-electron chi connectivity index (χ0n) is 15.8. The fourth-order valence-corrected chi connectivity index (χ4v) is 4.05. The van der Waals surface area contributed by atoms with E-state index in [9.17, 15) is 10.1 Å². The molecule has 1 aliphatic rings. The van der Waals surface area contributed by atoms with E-state index in [1.165, 1.54) is 0 Å². The predicted octanol–water partition coefficient (Wildman–Crippen LogP) is 3.74. The van der Waals surface area contributed by atoms with E-state index in [2.05, 4.69) is 52.2 Å². The quantitative estimate of drug-likeness (QED) is 0.707. The van der Waals surface area contributed by atoms with Crippen LogP contribution < -0.4 is 5.32 Å². The normalized spacial score (nSPS) is 26.5. The number of nitriles is 1. The summed E-state index contributed by atoms with van der Waals surface area (Å²) in [6.45, 7) is 13.5. The molecule has 1 rings (SSSR count). The summed E-state index contributed by atoms with van der Waals surface area (Å²) in [5.41, 5.74) is -0.774. The van der Waals surface area contributed by atoms with Crippen molar-refractivity contribution in [2.45, 2.75) is 77.3 Å². The van der Waals surface area contributed by atoms with Crippen molar-refractivity contribution in [3.63, 3.8) is 0 Å². The molecule has 0 aromatic heterocycles. The molecule has 0 saturated carbocycles. The summed E-state index contributed by atoms with van der Waals surface area (Å²) in [6, 6.07) is 2.24. The molecule has 1 aliphatic heterocycles. The molecular weight excluding hydrogens is 324 g/mol. The minimum atomic E-state index is -1.88. The van der Waals surface area contributed by atoms with E-state index in [-0.39, 0.29) is 30.4 Å². The van der Waals surface area contributed by atoms with E-state index in [1.54, 1.807) is 0 Å². The van der Waals surface area contributed by atoms with Gasteiger partial charge in [-0.05, 0) is 37.4 Å². The summed E-state index contributed by atoms with van der Waals surface area (Å²) >= 11 is 0.